The van der Waals surface area contributed by atoms with Gasteiger partial charge in [-0.3, -0.25) is 0 Å². The van der Waals surface area contributed by atoms with Crippen molar-refractivity contribution < 1.29 is 9.47 Å². The van der Waals surface area contributed by atoms with Crippen molar-refractivity contribution in [1.82, 2.24) is 0 Å². The zero-order valence-corrected chi connectivity index (χ0v) is 11.7. The highest BCUT2D eigenvalue weighted by Crippen LogP contribution is 2.31. The third-order valence-corrected chi connectivity index (χ3v) is 2.96. The van der Waals surface area contributed by atoms with E-state index in [0.717, 1.165) is 16.9 Å². The summed E-state index contributed by atoms with van der Waals surface area (Å²) >= 11 is 0. The van der Waals surface area contributed by atoms with Gasteiger partial charge in [0.15, 0.2) is 11.5 Å². The fourth-order valence-electron chi connectivity index (χ4n) is 1.93. The molecule has 102 valence electrons. The van der Waals surface area contributed by atoms with Crippen LogP contribution in [0, 0.1) is 18.3 Å². The third-order valence-electron chi connectivity index (χ3n) is 2.96. The molecule has 0 aliphatic carbocycles. The van der Waals surface area contributed by atoms with Gasteiger partial charge < -0.3 is 14.8 Å². The van der Waals surface area contributed by atoms with Gasteiger partial charge in [-0.1, -0.05) is 6.07 Å². The first kappa shape index (κ1) is 13.8. The topological polar surface area (TPSA) is 54.3 Å². The SMILES string of the molecule is COc1ccc(Nc2cc(C)ccc2C#N)cc1OC. The van der Waals surface area contributed by atoms with E-state index in [9.17, 15) is 0 Å². The van der Waals surface area contributed by atoms with Crippen LogP contribution in [0.3, 0.4) is 0 Å². The summed E-state index contributed by atoms with van der Waals surface area (Å²) < 4.78 is 10.5. The number of hydrogen-bond acceptors (Lipinski definition) is 4. The predicted octanol–water partition coefficient (Wildman–Crippen LogP) is 3.63. The van der Waals surface area contributed by atoms with Crippen molar-refractivity contribution in [3.8, 4) is 17.6 Å². The fourth-order valence-corrected chi connectivity index (χ4v) is 1.93. The Kier molecular flexibility index (Phi) is 4.11. The zero-order chi connectivity index (χ0) is 14.5. The summed E-state index contributed by atoms with van der Waals surface area (Å²) in [6, 6.07) is 13.4. The number of nitrogens with one attached hydrogen (secondary N) is 1. The summed E-state index contributed by atoms with van der Waals surface area (Å²) in [5.74, 6) is 1.31. The van der Waals surface area contributed by atoms with Gasteiger partial charge in [-0.25, -0.2) is 0 Å². The highest BCUT2D eigenvalue weighted by Gasteiger charge is 2.07. The summed E-state index contributed by atoms with van der Waals surface area (Å²) in [5, 5.41) is 12.4. The molecule has 0 aromatic heterocycles. The molecule has 4 heteroatoms. The van der Waals surface area contributed by atoms with Crippen LogP contribution in [0.5, 0.6) is 11.5 Å². The number of ether oxygens (including phenoxy) is 2. The molecule has 20 heavy (non-hydrogen) atoms. The molecule has 0 heterocycles. The van der Waals surface area contributed by atoms with E-state index >= 15 is 0 Å². The molecule has 0 saturated carbocycles. The van der Waals surface area contributed by atoms with Crippen molar-refractivity contribution in [3.63, 3.8) is 0 Å². The second-order valence-electron chi connectivity index (χ2n) is 4.36. The van der Waals surface area contributed by atoms with Crippen molar-refractivity contribution in [2.75, 3.05) is 19.5 Å². The van der Waals surface area contributed by atoms with E-state index in [4.69, 9.17) is 14.7 Å². The second-order valence-corrected chi connectivity index (χ2v) is 4.36. The molecule has 0 spiro atoms. The monoisotopic (exact) mass is 268 g/mol. The molecule has 2 aromatic carbocycles. The molecular formula is C16H16N2O2. The molecule has 1 N–H and O–H groups in total. The van der Waals surface area contributed by atoms with Crippen LogP contribution in [0.15, 0.2) is 36.4 Å². The summed E-state index contributed by atoms with van der Waals surface area (Å²) in [7, 11) is 3.19. The van der Waals surface area contributed by atoms with Crippen LogP contribution in [-0.2, 0) is 0 Å². The third kappa shape index (κ3) is 2.83. The van der Waals surface area contributed by atoms with Crippen molar-refractivity contribution in [2.45, 2.75) is 6.92 Å². The average molecular weight is 268 g/mol. The van der Waals surface area contributed by atoms with Crippen LogP contribution in [0.25, 0.3) is 0 Å². The molecular weight excluding hydrogens is 252 g/mol. The molecule has 0 radical (unpaired) electrons. The first-order valence-corrected chi connectivity index (χ1v) is 6.17. The maximum Gasteiger partial charge on any atom is 0.162 e. The highest BCUT2D eigenvalue weighted by molar-refractivity contribution is 5.69. The van der Waals surface area contributed by atoms with Crippen LogP contribution < -0.4 is 14.8 Å². The van der Waals surface area contributed by atoms with Crippen LogP contribution in [0.2, 0.25) is 0 Å². The van der Waals surface area contributed by atoms with E-state index in [1.54, 1.807) is 20.3 Å². The van der Waals surface area contributed by atoms with E-state index in [-0.39, 0.29) is 0 Å². The Morgan fingerprint density at radius 1 is 1.00 bits per heavy atom. The lowest BCUT2D eigenvalue weighted by atomic mass is 10.1. The van der Waals surface area contributed by atoms with Gasteiger partial charge in [0.25, 0.3) is 0 Å². The van der Waals surface area contributed by atoms with Crippen molar-refractivity contribution >= 4 is 11.4 Å². The Hall–Kier alpha value is -2.67. The van der Waals surface area contributed by atoms with Gasteiger partial charge in [-0.05, 0) is 36.8 Å². The summed E-state index contributed by atoms with van der Waals surface area (Å²) in [6.07, 6.45) is 0. The standard InChI is InChI=1S/C16H16N2O2/c1-11-4-5-12(10-17)14(8-11)18-13-6-7-15(19-2)16(9-13)20-3/h4-9,18H,1-3H3. The lowest BCUT2D eigenvalue weighted by Gasteiger charge is -2.12. The van der Waals surface area contributed by atoms with Gasteiger partial charge in [0.05, 0.1) is 25.5 Å². The number of anilines is 2. The molecule has 0 fully saturated rings. The number of nitriles is 1. The van der Waals surface area contributed by atoms with Gasteiger partial charge in [0.1, 0.15) is 6.07 Å². The van der Waals surface area contributed by atoms with Crippen LogP contribution in [0.1, 0.15) is 11.1 Å². The fraction of sp³-hybridized carbons (Fsp3) is 0.188. The number of hydrogen-bond donors (Lipinski definition) is 1. The lowest BCUT2D eigenvalue weighted by Crippen LogP contribution is -1.96. The van der Waals surface area contributed by atoms with Crippen LogP contribution in [-0.4, -0.2) is 14.2 Å². The zero-order valence-electron chi connectivity index (χ0n) is 11.7. The van der Waals surface area contributed by atoms with Crippen molar-refractivity contribution in [2.24, 2.45) is 0 Å². The Morgan fingerprint density at radius 2 is 1.75 bits per heavy atom. The molecule has 0 atom stereocenters. The number of rotatable bonds is 4. The minimum atomic E-state index is 0.602. The number of benzene rings is 2. The maximum atomic E-state index is 9.14. The first-order valence-electron chi connectivity index (χ1n) is 6.17. The van der Waals surface area contributed by atoms with E-state index in [1.807, 2.05) is 37.3 Å². The molecule has 2 aromatic rings. The maximum absolute atomic E-state index is 9.14. The molecule has 0 aliphatic heterocycles. The molecule has 0 unspecified atom stereocenters. The number of aryl methyl sites for hydroxylation is 1. The van der Waals surface area contributed by atoms with Gasteiger partial charge in [-0.15, -0.1) is 0 Å². The average Bonchev–Trinajstić information content (AvgIpc) is 2.47. The van der Waals surface area contributed by atoms with Gasteiger partial charge in [0.2, 0.25) is 0 Å². The van der Waals surface area contributed by atoms with Crippen LogP contribution >= 0.6 is 0 Å². The van der Waals surface area contributed by atoms with Gasteiger partial charge in [-0.2, -0.15) is 5.26 Å². The molecule has 0 amide bonds. The summed E-state index contributed by atoms with van der Waals surface area (Å²) in [5.41, 5.74) is 3.31. The Labute approximate surface area is 118 Å². The van der Waals surface area contributed by atoms with Crippen LogP contribution in [0.4, 0.5) is 11.4 Å². The van der Waals surface area contributed by atoms with E-state index in [2.05, 4.69) is 11.4 Å². The normalized spacial score (nSPS) is 9.70. The van der Waals surface area contributed by atoms with Crippen molar-refractivity contribution in [1.29, 1.82) is 5.26 Å². The molecule has 2 rings (SSSR count). The molecule has 0 saturated heterocycles. The molecule has 0 bridgehead atoms. The van der Waals surface area contributed by atoms with Gasteiger partial charge in [0, 0.05) is 11.8 Å². The lowest BCUT2D eigenvalue weighted by molar-refractivity contribution is 0.355. The first-order chi connectivity index (χ1) is 9.67. The molecule has 4 nitrogen and oxygen atoms in total. The number of methoxy groups -OCH3 is 2. The quantitative estimate of drug-likeness (QED) is 0.920. The summed E-state index contributed by atoms with van der Waals surface area (Å²) in [6.45, 7) is 1.99. The van der Waals surface area contributed by atoms with Crippen molar-refractivity contribution in [3.05, 3.63) is 47.5 Å². The number of nitrogens with zero attached hydrogens (tertiary/aromatic N) is 1. The Morgan fingerprint density at radius 3 is 2.40 bits per heavy atom. The smallest absolute Gasteiger partial charge is 0.162 e. The van der Waals surface area contributed by atoms with Gasteiger partial charge >= 0.3 is 0 Å². The Bertz CT molecular complexity index is 660. The second kappa shape index (κ2) is 5.98. The van der Waals surface area contributed by atoms with E-state index < -0.39 is 0 Å². The van der Waals surface area contributed by atoms with E-state index in [1.165, 1.54) is 0 Å². The summed E-state index contributed by atoms with van der Waals surface area (Å²) in [4.78, 5) is 0. The molecule has 0 aliphatic rings. The Balaban J connectivity index is 2.35. The largest absolute Gasteiger partial charge is 0.493 e. The minimum absolute atomic E-state index is 0.602. The van der Waals surface area contributed by atoms with E-state index in [0.29, 0.717) is 17.1 Å². The predicted molar refractivity (Wildman–Crippen MR) is 78.7 cm³/mol. The highest BCUT2D eigenvalue weighted by atomic mass is 16.5. The minimum Gasteiger partial charge on any atom is -0.493 e.